The molecule has 2 N–H and O–H groups in total. The summed E-state index contributed by atoms with van der Waals surface area (Å²) in [7, 11) is 5.36. The van der Waals surface area contributed by atoms with Crippen LogP contribution < -0.4 is 10.6 Å². The molecule has 14 heavy (non-hydrogen) atoms. The molecule has 4 nitrogen and oxygen atoms in total. The first-order chi connectivity index (χ1) is 6.55. The van der Waals surface area contributed by atoms with Crippen molar-refractivity contribution >= 4 is 5.96 Å². The monoisotopic (exact) mass is 201 g/mol. The summed E-state index contributed by atoms with van der Waals surface area (Å²) in [5.74, 6) is 0.829. The molecule has 0 aromatic heterocycles. The van der Waals surface area contributed by atoms with E-state index in [2.05, 4.69) is 29.5 Å². The lowest BCUT2D eigenvalue weighted by molar-refractivity contribution is 0.153. The molecule has 0 aliphatic carbocycles. The van der Waals surface area contributed by atoms with Gasteiger partial charge in [-0.15, -0.1) is 0 Å². The summed E-state index contributed by atoms with van der Waals surface area (Å²) in [5, 5.41) is 6.24. The van der Waals surface area contributed by atoms with Gasteiger partial charge in [-0.2, -0.15) is 0 Å². The Morgan fingerprint density at radius 3 is 2.50 bits per heavy atom. The van der Waals surface area contributed by atoms with Crippen LogP contribution in [0.2, 0.25) is 0 Å². The Balaban J connectivity index is 3.85. The van der Waals surface area contributed by atoms with Crippen molar-refractivity contribution in [2.24, 2.45) is 10.4 Å². The Kier molecular flexibility index (Phi) is 6.28. The lowest BCUT2D eigenvalue weighted by Gasteiger charge is -2.25. The molecule has 0 aliphatic heterocycles. The number of nitrogens with zero attached hydrogens (tertiary/aromatic N) is 1. The molecule has 0 aliphatic rings. The Morgan fingerprint density at radius 1 is 1.43 bits per heavy atom. The number of hydrogen-bond acceptors (Lipinski definition) is 2. The summed E-state index contributed by atoms with van der Waals surface area (Å²) in [6.45, 7) is 6.11. The van der Waals surface area contributed by atoms with Crippen LogP contribution in [-0.2, 0) is 4.74 Å². The maximum atomic E-state index is 5.06. The summed E-state index contributed by atoms with van der Waals surface area (Å²) >= 11 is 0. The van der Waals surface area contributed by atoms with Gasteiger partial charge in [0.05, 0.1) is 0 Å². The van der Waals surface area contributed by atoms with E-state index in [9.17, 15) is 0 Å². The fraction of sp³-hybridized carbons (Fsp3) is 0.900. The van der Waals surface area contributed by atoms with Crippen molar-refractivity contribution in [2.45, 2.75) is 20.3 Å². The zero-order valence-electron chi connectivity index (χ0n) is 9.98. The van der Waals surface area contributed by atoms with Crippen LogP contribution in [-0.4, -0.2) is 40.3 Å². The van der Waals surface area contributed by atoms with E-state index in [0.29, 0.717) is 0 Å². The number of methoxy groups -OCH3 is 1. The zero-order chi connectivity index (χ0) is 11.0. The van der Waals surface area contributed by atoms with Gasteiger partial charge in [0.1, 0.15) is 0 Å². The number of hydrogen-bond donors (Lipinski definition) is 2. The number of guanidine groups is 1. The van der Waals surface area contributed by atoms with Crippen LogP contribution in [0.25, 0.3) is 0 Å². The lowest BCUT2D eigenvalue weighted by atomic mass is 9.90. The van der Waals surface area contributed by atoms with Crippen molar-refractivity contribution < 1.29 is 4.74 Å². The predicted molar refractivity (Wildman–Crippen MR) is 60.7 cm³/mol. The quantitative estimate of drug-likeness (QED) is 0.512. The summed E-state index contributed by atoms with van der Waals surface area (Å²) in [4.78, 5) is 4.05. The fourth-order valence-corrected chi connectivity index (χ4v) is 1.07. The highest BCUT2D eigenvalue weighted by Crippen LogP contribution is 2.18. The fourth-order valence-electron chi connectivity index (χ4n) is 1.07. The van der Waals surface area contributed by atoms with Crippen molar-refractivity contribution in [1.29, 1.82) is 0 Å². The highest BCUT2D eigenvalue weighted by atomic mass is 16.5. The summed E-state index contributed by atoms with van der Waals surface area (Å²) in [5.41, 5.74) is 0.225. The van der Waals surface area contributed by atoms with Gasteiger partial charge < -0.3 is 15.4 Å². The molecule has 0 spiro atoms. The largest absolute Gasteiger partial charge is 0.385 e. The third-order valence-electron chi connectivity index (χ3n) is 2.18. The van der Waals surface area contributed by atoms with Crippen molar-refractivity contribution in [1.82, 2.24) is 10.6 Å². The highest BCUT2D eigenvalue weighted by Gasteiger charge is 2.17. The molecule has 0 atom stereocenters. The highest BCUT2D eigenvalue weighted by molar-refractivity contribution is 5.79. The van der Waals surface area contributed by atoms with Gasteiger partial charge in [-0.25, -0.2) is 0 Å². The van der Waals surface area contributed by atoms with Crippen LogP contribution >= 0.6 is 0 Å². The predicted octanol–water partition coefficient (Wildman–Crippen LogP) is 0.844. The van der Waals surface area contributed by atoms with Crippen LogP contribution in [0.1, 0.15) is 20.3 Å². The third kappa shape index (κ3) is 5.80. The summed E-state index contributed by atoms with van der Waals surface area (Å²) in [6.07, 6.45) is 1.04. The van der Waals surface area contributed by atoms with E-state index in [1.807, 2.05) is 7.05 Å². The minimum Gasteiger partial charge on any atom is -0.385 e. The standard InChI is InChI=1S/C10H23N3O/c1-10(2,6-7-14-5)8-13-9(11-3)12-4/h6-8H2,1-5H3,(H2,11,12,13). The molecule has 0 saturated carbocycles. The lowest BCUT2D eigenvalue weighted by Crippen LogP contribution is -2.40. The Hall–Kier alpha value is -0.770. The van der Waals surface area contributed by atoms with Crippen molar-refractivity contribution in [3.8, 4) is 0 Å². The topological polar surface area (TPSA) is 45.7 Å². The molecule has 84 valence electrons. The number of nitrogens with one attached hydrogen (secondary N) is 2. The molecule has 0 aromatic carbocycles. The van der Waals surface area contributed by atoms with E-state index in [-0.39, 0.29) is 5.41 Å². The molecule has 0 heterocycles. The Morgan fingerprint density at radius 2 is 2.07 bits per heavy atom. The molecule has 0 bridgehead atoms. The number of ether oxygens (including phenoxy) is 1. The average Bonchev–Trinajstić information content (AvgIpc) is 2.16. The summed E-state index contributed by atoms with van der Waals surface area (Å²) < 4.78 is 5.06. The smallest absolute Gasteiger partial charge is 0.190 e. The van der Waals surface area contributed by atoms with Crippen LogP contribution in [0, 0.1) is 5.41 Å². The van der Waals surface area contributed by atoms with Gasteiger partial charge in [0, 0.05) is 34.4 Å². The van der Waals surface area contributed by atoms with Crippen LogP contribution in [0.3, 0.4) is 0 Å². The molecule has 0 radical (unpaired) electrons. The van der Waals surface area contributed by atoms with Gasteiger partial charge in [0.15, 0.2) is 5.96 Å². The molecular weight excluding hydrogens is 178 g/mol. The van der Waals surface area contributed by atoms with Gasteiger partial charge in [0.25, 0.3) is 0 Å². The second-order valence-electron chi connectivity index (χ2n) is 4.08. The van der Waals surface area contributed by atoms with Crippen LogP contribution in [0.5, 0.6) is 0 Å². The minimum atomic E-state index is 0.225. The average molecular weight is 201 g/mol. The van der Waals surface area contributed by atoms with E-state index < -0.39 is 0 Å². The maximum Gasteiger partial charge on any atom is 0.190 e. The molecule has 0 fully saturated rings. The molecule has 0 aromatic rings. The maximum absolute atomic E-state index is 5.06. The first kappa shape index (κ1) is 13.2. The molecule has 0 rings (SSSR count). The second-order valence-corrected chi connectivity index (χ2v) is 4.08. The molecule has 0 unspecified atom stereocenters. The van der Waals surface area contributed by atoms with Crippen molar-refractivity contribution in [3.05, 3.63) is 0 Å². The molecule has 4 heteroatoms. The first-order valence-electron chi connectivity index (χ1n) is 4.93. The molecule has 0 saturated heterocycles. The van der Waals surface area contributed by atoms with Crippen LogP contribution in [0.15, 0.2) is 4.99 Å². The first-order valence-corrected chi connectivity index (χ1v) is 4.93. The number of aliphatic imine (C=N–C) groups is 1. The van der Waals surface area contributed by atoms with Crippen LogP contribution in [0.4, 0.5) is 0 Å². The van der Waals surface area contributed by atoms with E-state index in [0.717, 1.165) is 25.5 Å². The molecular formula is C10H23N3O. The van der Waals surface area contributed by atoms with Crippen molar-refractivity contribution in [2.75, 3.05) is 34.4 Å². The van der Waals surface area contributed by atoms with Crippen molar-refractivity contribution in [3.63, 3.8) is 0 Å². The van der Waals surface area contributed by atoms with Gasteiger partial charge >= 0.3 is 0 Å². The summed E-state index contributed by atoms with van der Waals surface area (Å²) in [6, 6.07) is 0. The number of rotatable bonds is 5. The van der Waals surface area contributed by atoms with Gasteiger partial charge in [-0.1, -0.05) is 13.8 Å². The van der Waals surface area contributed by atoms with Gasteiger partial charge in [0.2, 0.25) is 0 Å². The van der Waals surface area contributed by atoms with Gasteiger partial charge in [-0.05, 0) is 11.8 Å². The van der Waals surface area contributed by atoms with E-state index in [1.165, 1.54) is 0 Å². The van der Waals surface area contributed by atoms with E-state index in [4.69, 9.17) is 4.74 Å². The third-order valence-corrected chi connectivity index (χ3v) is 2.18. The van der Waals surface area contributed by atoms with Gasteiger partial charge in [-0.3, -0.25) is 4.99 Å². The second kappa shape index (κ2) is 6.65. The Bertz CT molecular complexity index is 178. The van der Waals surface area contributed by atoms with E-state index >= 15 is 0 Å². The van der Waals surface area contributed by atoms with E-state index in [1.54, 1.807) is 14.2 Å². The Labute approximate surface area is 87.1 Å². The minimum absolute atomic E-state index is 0.225. The SMILES string of the molecule is CN=C(NC)NCC(C)(C)CCOC. The molecule has 0 amide bonds. The zero-order valence-corrected chi connectivity index (χ0v) is 9.98. The normalized spacial score (nSPS) is 12.8.